The largest absolute Gasteiger partial charge is 0.462 e. The first-order chi connectivity index (χ1) is 13.2. The van der Waals surface area contributed by atoms with E-state index in [2.05, 4.69) is 0 Å². The van der Waals surface area contributed by atoms with Gasteiger partial charge >= 0.3 is 5.97 Å². The normalized spacial score (nSPS) is 18.1. The van der Waals surface area contributed by atoms with Crippen LogP contribution in [0.1, 0.15) is 12.5 Å². The number of rotatable bonds is 5. The van der Waals surface area contributed by atoms with E-state index in [0.29, 0.717) is 17.1 Å². The minimum absolute atomic E-state index is 0.144. The van der Waals surface area contributed by atoms with Crippen molar-refractivity contribution in [1.29, 1.82) is 5.26 Å². The maximum Gasteiger partial charge on any atom is 0.351 e. The lowest BCUT2D eigenvalue weighted by atomic mass is 10.1. The van der Waals surface area contributed by atoms with E-state index >= 15 is 0 Å². The number of hydrogen-bond acceptors (Lipinski definition) is 5. The zero-order chi connectivity index (χ0) is 19.2. The Morgan fingerprint density at radius 1 is 1.15 bits per heavy atom. The Bertz CT molecular complexity index is 904. The molecule has 1 aliphatic rings. The first-order valence-corrected chi connectivity index (χ1v) is 9.44. The summed E-state index contributed by atoms with van der Waals surface area (Å²) in [6.45, 7) is 1.84. The molecule has 1 amide bonds. The molecule has 0 bridgehead atoms. The Morgan fingerprint density at radius 2 is 1.78 bits per heavy atom. The van der Waals surface area contributed by atoms with E-state index in [9.17, 15) is 14.9 Å². The molecule has 136 valence electrons. The Kier molecular flexibility index (Phi) is 5.94. The minimum atomic E-state index is -0.711. The van der Waals surface area contributed by atoms with Crippen molar-refractivity contribution in [3.05, 3.63) is 76.8 Å². The summed E-state index contributed by atoms with van der Waals surface area (Å²) in [7, 11) is 0. The number of ether oxygens (including phenoxy) is 1. The average molecular weight is 378 g/mol. The SMILES string of the molecule is CCOC(=O)/C(C#N)=C1\S[C@H](Cc2ccccc2)C(=O)N1c1ccccc1. The van der Waals surface area contributed by atoms with Crippen LogP contribution in [-0.4, -0.2) is 23.7 Å². The van der Waals surface area contributed by atoms with E-state index in [1.807, 2.05) is 54.6 Å². The Labute approximate surface area is 162 Å². The van der Waals surface area contributed by atoms with Crippen molar-refractivity contribution >= 4 is 29.3 Å². The highest BCUT2D eigenvalue weighted by molar-refractivity contribution is 8.05. The fraction of sp³-hybridized carbons (Fsp3) is 0.190. The molecule has 1 atom stereocenters. The average Bonchev–Trinajstić information content (AvgIpc) is 3.00. The second kappa shape index (κ2) is 8.56. The summed E-state index contributed by atoms with van der Waals surface area (Å²) in [5.41, 5.74) is 1.50. The fourth-order valence-electron chi connectivity index (χ4n) is 2.82. The van der Waals surface area contributed by atoms with Gasteiger partial charge in [0.15, 0.2) is 5.57 Å². The maximum atomic E-state index is 13.1. The van der Waals surface area contributed by atoms with Gasteiger partial charge in [-0.1, -0.05) is 60.3 Å². The molecular weight excluding hydrogens is 360 g/mol. The predicted molar refractivity (Wildman–Crippen MR) is 105 cm³/mol. The van der Waals surface area contributed by atoms with Gasteiger partial charge in [-0.05, 0) is 31.0 Å². The first kappa shape index (κ1) is 18.7. The number of carbonyl (C=O) groups is 2. The zero-order valence-electron chi connectivity index (χ0n) is 14.8. The van der Waals surface area contributed by atoms with Gasteiger partial charge in [-0.2, -0.15) is 5.26 Å². The number of nitriles is 1. The summed E-state index contributed by atoms with van der Waals surface area (Å²) >= 11 is 1.24. The second-order valence-electron chi connectivity index (χ2n) is 5.82. The van der Waals surface area contributed by atoms with E-state index in [0.717, 1.165) is 5.56 Å². The molecule has 1 fully saturated rings. The molecule has 0 unspecified atom stereocenters. The number of para-hydroxylation sites is 1. The van der Waals surface area contributed by atoms with Crippen molar-refractivity contribution in [2.24, 2.45) is 0 Å². The molecule has 1 saturated heterocycles. The number of anilines is 1. The number of amides is 1. The van der Waals surface area contributed by atoms with Crippen LogP contribution in [0.15, 0.2) is 71.3 Å². The lowest BCUT2D eigenvalue weighted by molar-refractivity contribution is -0.138. The monoisotopic (exact) mass is 378 g/mol. The molecule has 0 radical (unpaired) electrons. The standard InChI is InChI=1S/C21H18N2O3S/c1-2-26-21(25)17(14-22)20-23(16-11-7-4-8-12-16)19(24)18(27-20)13-15-9-5-3-6-10-15/h3-12,18H,2,13H2,1H3/b20-17-/t18-/m1/s1. The van der Waals surface area contributed by atoms with E-state index in [1.54, 1.807) is 19.1 Å². The van der Waals surface area contributed by atoms with Gasteiger partial charge in [0.25, 0.3) is 0 Å². The van der Waals surface area contributed by atoms with Gasteiger partial charge in [0.1, 0.15) is 11.1 Å². The molecular formula is C21H18N2O3S. The van der Waals surface area contributed by atoms with Gasteiger partial charge in [0, 0.05) is 5.69 Å². The number of benzene rings is 2. The summed E-state index contributed by atoms with van der Waals surface area (Å²) in [4.78, 5) is 26.8. The zero-order valence-corrected chi connectivity index (χ0v) is 15.6. The molecule has 0 saturated carbocycles. The second-order valence-corrected chi connectivity index (χ2v) is 7.01. The molecule has 27 heavy (non-hydrogen) atoms. The Balaban J connectivity index is 2.02. The van der Waals surface area contributed by atoms with Crippen LogP contribution in [0.3, 0.4) is 0 Å². The highest BCUT2D eigenvalue weighted by atomic mass is 32.2. The summed E-state index contributed by atoms with van der Waals surface area (Å²) in [6, 6.07) is 20.6. The van der Waals surface area contributed by atoms with E-state index < -0.39 is 11.2 Å². The van der Waals surface area contributed by atoms with E-state index in [4.69, 9.17) is 4.74 Å². The summed E-state index contributed by atoms with van der Waals surface area (Å²) in [5, 5.41) is 9.46. The Morgan fingerprint density at radius 3 is 2.37 bits per heavy atom. The molecule has 2 aromatic carbocycles. The first-order valence-electron chi connectivity index (χ1n) is 8.56. The van der Waals surface area contributed by atoms with E-state index in [1.165, 1.54) is 16.7 Å². The molecule has 2 aromatic rings. The van der Waals surface area contributed by atoms with Crippen LogP contribution < -0.4 is 4.90 Å². The van der Waals surface area contributed by atoms with Gasteiger partial charge in [-0.15, -0.1) is 0 Å². The van der Waals surface area contributed by atoms with Crippen molar-refractivity contribution < 1.29 is 14.3 Å². The van der Waals surface area contributed by atoms with Crippen LogP contribution in [-0.2, 0) is 20.7 Å². The van der Waals surface area contributed by atoms with Crippen LogP contribution in [0.5, 0.6) is 0 Å². The van der Waals surface area contributed by atoms with Crippen molar-refractivity contribution in [3.8, 4) is 6.07 Å². The van der Waals surface area contributed by atoms with Crippen LogP contribution >= 0.6 is 11.8 Å². The third-order valence-electron chi connectivity index (χ3n) is 4.04. The molecule has 1 aliphatic heterocycles. The number of hydrogen-bond donors (Lipinski definition) is 0. The summed E-state index contributed by atoms with van der Waals surface area (Å²) in [6.07, 6.45) is 0.513. The molecule has 5 nitrogen and oxygen atoms in total. The quantitative estimate of drug-likeness (QED) is 0.451. The number of esters is 1. The van der Waals surface area contributed by atoms with Gasteiger partial charge in [-0.3, -0.25) is 9.69 Å². The molecule has 0 aromatic heterocycles. The van der Waals surface area contributed by atoms with Crippen molar-refractivity contribution in [2.45, 2.75) is 18.6 Å². The Hall–Kier alpha value is -3.04. The molecule has 0 spiro atoms. The number of carbonyl (C=O) groups excluding carboxylic acids is 2. The third kappa shape index (κ3) is 4.04. The van der Waals surface area contributed by atoms with Crippen molar-refractivity contribution in [3.63, 3.8) is 0 Å². The maximum absolute atomic E-state index is 13.1. The fourth-order valence-corrected chi connectivity index (χ4v) is 4.11. The molecule has 1 heterocycles. The van der Waals surface area contributed by atoms with Crippen LogP contribution in [0, 0.1) is 11.3 Å². The molecule has 3 rings (SSSR count). The van der Waals surface area contributed by atoms with E-state index in [-0.39, 0.29) is 18.1 Å². The minimum Gasteiger partial charge on any atom is -0.462 e. The van der Waals surface area contributed by atoms with Crippen LogP contribution in [0.2, 0.25) is 0 Å². The lowest BCUT2D eigenvalue weighted by Gasteiger charge is -2.18. The molecule has 0 aliphatic carbocycles. The van der Waals surface area contributed by atoms with Gasteiger partial charge in [0.05, 0.1) is 11.9 Å². The summed E-state index contributed by atoms with van der Waals surface area (Å²) in [5.74, 6) is -0.862. The topological polar surface area (TPSA) is 70.4 Å². The van der Waals surface area contributed by atoms with Gasteiger partial charge in [-0.25, -0.2) is 4.79 Å². The van der Waals surface area contributed by atoms with Crippen molar-refractivity contribution in [1.82, 2.24) is 0 Å². The van der Waals surface area contributed by atoms with Crippen LogP contribution in [0.25, 0.3) is 0 Å². The number of nitrogens with zero attached hydrogens (tertiary/aromatic N) is 2. The summed E-state index contributed by atoms with van der Waals surface area (Å²) < 4.78 is 5.01. The molecule has 6 heteroatoms. The van der Waals surface area contributed by atoms with Gasteiger partial charge < -0.3 is 4.74 Å². The lowest BCUT2D eigenvalue weighted by Crippen LogP contribution is -2.30. The smallest absolute Gasteiger partial charge is 0.351 e. The highest BCUT2D eigenvalue weighted by Crippen LogP contribution is 2.41. The number of thioether (sulfide) groups is 1. The highest BCUT2D eigenvalue weighted by Gasteiger charge is 2.41. The third-order valence-corrected chi connectivity index (χ3v) is 5.30. The van der Waals surface area contributed by atoms with Crippen molar-refractivity contribution in [2.75, 3.05) is 11.5 Å². The van der Waals surface area contributed by atoms with Gasteiger partial charge in [0.2, 0.25) is 5.91 Å². The predicted octanol–water partition coefficient (Wildman–Crippen LogP) is 3.68. The van der Waals surface area contributed by atoms with Crippen LogP contribution in [0.4, 0.5) is 5.69 Å². The molecule has 0 N–H and O–H groups in total.